The van der Waals surface area contributed by atoms with Gasteiger partial charge in [-0.05, 0) is 62.1 Å². The molecule has 0 radical (unpaired) electrons. The van der Waals surface area contributed by atoms with Gasteiger partial charge in [0.2, 0.25) is 0 Å². The number of hydrogen-bond donors (Lipinski definition) is 0. The average Bonchev–Trinajstić information content (AvgIpc) is 3.11. The molecule has 2 aliphatic carbocycles. The molecule has 0 aliphatic heterocycles. The molecule has 4 heteroatoms. The van der Waals surface area contributed by atoms with Crippen molar-refractivity contribution in [3.63, 3.8) is 0 Å². The number of rotatable bonds is 2. The summed E-state index contributed by atoms with van der Waals surface area (Å²) in [7, 11) is 0. The average molecular weight is 270 g/mol. The van der Waals surface area contributed by atoms with Crippen LogP contribution < -0.4 is 0 Å². The van der Waals surface area contributed by atoms with Gasteiger partial charge in [0, 0.05) is 12.4 Å². The Balaban J connectivity index is 1.54. The second-order valence-electron chi connectivity index (χ2n) is 6.21. The predicted molar refractivity (Wildman–Crippen MR) is 74.6 cm³/mol. The van der Waals surface area contributed by atoms with Gasteiger partial charge in [0.15, 0.2) is 5.69 Å². The van der Waals surface area contributed by atoms with Gasteiger partial charge >= 0.3 is 5.97 Å². The smallest absolute Gasteiger partial charge is 0.358 e. The number of nitrogens with zero attached hydrogens (tertiary/aromatic N) is 2. The van der Waals surface area contributed by atoms with Crippen molar-refractivity contribution >= 4 is 11.6 Å². The Kier molecular flexibility index (Phi) is 2.59. The summed E-state index contributed by atoms with van der Waals surface area (Å²) in [5, 5.41) is 0. The zero-order valence-electron chi connectivity index (χ0n) is 11.6. The van der Waals surface area contributed by atoms with Crippen LogP contribution in [0, 0.1) is 18.8 Å². The molecule has 4 rings (SSSR count). The highest BCUT2D eigenvalue weighted by Crippen LogP contribution is 2.46. The molecule has 2 heterocycles. The summed E-state index contributed by atoms with van der Waals surface area (Å²) in [4.78, 5) is 16.6. The van der Waals surface area contributed by atoms with E-state index in [2.05, 4.69) is 4.98 Å². The molecule has 20 heavy (non-hydrogen) atoms. The maximum Gasteiger partial charge on any atom is 0.358 e. The van der Waals surface area contributed by atoms with E-state index in [1.54, 1.807) is 6.20 Å². The van der Waals surface area contributed by atoms with Crippen LogP contribution in [0.4, 0.5) is 0 Å². The van der Waals surface area contributed by atoms with Gasteiger partial charge in [-0.25, -0.2) is 9.78 Å². The van der Waals surface area contributed by atoms with E-state index < -0.39 is 0 Å². The highest BCUT2D eigenvalue weighted by Gasteiger charge is 2.41. The van der Waals surface area contributed by atoms with Crippen LogP contribution >= 0.6 is 0 Å². The number of pyridine rings is 1. The Labute approximate surface area is 117 Å². The monoisotopic (exact) mass is 270 g/mol. The van der Waals surface area contributed by atoms with Crippen LogP contribution in [0.5, 0.6) is 0 Å². The first kappa shape index (κ1) is 11.9. The maximum absolute atomic E-state index is 12.2. The second-order valence-corrected chi connectivity index (χ2v) is 6.21. The van der Waals surface area contributed by atoms with Crippen molar-refractivity contribution in [3.05, 3.63) is 35.8 Å². The van der Waals surface area contributed by atoms with E-state index in [1.807, 2.05) is 29.7 Å². The fourth-order valence-electron chi connectivity index (χ4n) is 3.71. The molecule has 0 saturated heterocycles. The number of aromatic nitrogens is 2. The van der Waals surface area contributed by atoms with Crippen LogP contribution in [0.2, 0.25) is 0 Å². The molecule has 0 aromatic carbocycles. The zero-order valence-corrected chi connectivity index (χ0v) is 11.6. The lowest BCUT2D eigenvalue weighted by molar-refractivity contribution is 0.0153. The molecule has 4 nitrogen and oxygen atoms in total. The Morgan fingerprint density at radius 1 is 1.40 bits per heavy atom. The van der Waals surface area contributed by atoms with E-state index in [0.29, 0.717) is 11.6 Å². The first-order valence-corrected chi connectivity index (χ1v) is 7.35. The summed E-state index contributed by atoms with van der Waals surface area (Å²) in [6.07, 6.45) is 8.61. The van der Waals surface area contributed by atoms with E-state index in [9.17, 15) is 4.79 Å². The number of hydrogen-bond acceptors (Lipinski definition) is 3. The van der Waals surface area contributed by atoms with Crippen LogP contribution in [0.1, 0.15) is 41.7 Å². The third kappa shape index (κ3) is 1.90. The third-order valence-corrected chi connectivity index (χ3v) is 4.76. The van der Waals surface area contributed by atoms with Crippen molar-refractivity contribution in [2.75, 3.05) is 0 Å². The number of aryl methyl sites for hydroxylation is 1. The summed E-state index contributed by atoms with van der Waals surface area (Å²) >= 11 is 0. The summed E-state index contributed by atoms with van der Waals surface area (Å²) in [6, 6.07) is 3.97. The van der Waals surface area contributed by atoms with Gasteiger partial charge in [-0.1, -0.05) is 0 Å². The number of carbonyl (C=O) groups excluding carboxylic acids is 1. The minimum atomic E-state index is -0.274. The number of esters is 1. The number of carbonyl (C=O) groups is 1. The molecule has 2 aromatic rings. The molecule has 0 N–H and O–H groups in total. The summed E-state index contributed by atoms with van der Waals surface area (Å²) < 4.78 is 7.54. The Morgan fingerprint density at radius 2 is 2.30 bits per heavy atom. The number of ether oxygens (including phenoxy) is 1. The van der Waals surface area contributed by atoms with E-state index in [-0.39, 0.29) is 12.1 Å². The molecule has 2 saturated carbocycles. The Bertz CT molecular complexity index is 676. The fourth-order valence-corrected chi connectivity index (χ4v) is 3.71. The summed E-state index contributed by atoms with van der Waals surface area (Å²) in [5.41, 5.74) is 2.35. The molecule has 2 aromatic heterocycles. The van der Waals surface area contributed by atoms with E-state index >= 15 is 0 Å². The topological polar surface area (TPSA) is 43.6 Å². The van der Waals surface area contributed by atoms with Crippen LogP contribution in [-0.2, 0) is 4.74 Å². The standard InChI is InChI=1S/C16H18N2O2/c1-10-4-5-18-9-13(17-15(18)6-10)16(19)20-14-8-11-2-3-12(14)7-11/h4-6,9,11-12,14H,2-3,7-8H2,1H3. The van der Waals surface area contributed by atoms with Crippen molar-refractivity contribution in [2.45, 2.75) is 38.7 Å². The third-order valence-electron chi connectivity index (χ3n) is 4.76. The van der Waals surface area contributed by atoms with Crippen molar-refractivity contribution in [3.8, 4) is 0 Å². The van der Waals surface area contributed by atoms with Crippen LogP contribution in [0.15, 0.2) is 24.5 Å². The first-order valence-electron chi connectivity index (χ1n) is 7.35. The largest absolute Gasteiger partial charge is 0.457 e. The van der Waals surface area contributed by atoms with Gasteiger partial charge in [0.25, 0.3) is 0 Å². The Morgan fingerprint density at radius 3 is 3.05 bits per heavy atom. The van der Waals surface area contributed by atoms with Crippen molar-refractivity contribution in [1.82, 2.24) is 9.38 Å². The van der Waals surface area contributed by atoms with Gasteiger partial charge in [-0.15, -0.1) is 0 Å². The second kappa shape index (κ2) is 4.33. The normalized spacial score (nSPS) is 28.1. The lowest BCUT2D eigenvalue weighted by Crippen LogP contribution is -2.24. The minimum Gasteiger partial charge on any atom is -0.457 e. The molecule has 0 amide bonds. The van der Waals surface area contributed by atoms with Gasteiger partial charge in [0.1, 0.15) is 11.8 Å². The van der Waals surface area contributed by atoms with Crippen molar-refractivity contribution in [2.24, 2.45) is 11.8 Å². The SMILES string of the molecule is Cc1ccn2cc(C(=O)OC3CC4CCC3C4)nc2c1. The molecule has 2 bridgehead atoms. The molecule has 3 atom stereocenters. The van der Waals surface area contributed by atoms with E-state index in [0.717, 1.165) is 23.5 Å². The highest BCUT2D eigenvalue weighted by atomic mass is 16.5. The summed E-state index contributed by atoms with van der Waals surface area (Å²) in [5.74, 6) is 1.09. The molecular weight excluding hydrogens is 252 g/mol. The quantitative estimate of drug-likeness (QED) is 0.788. The molecule has 2 aliphatic rings. The van der Waals surface area contributed by atoms with Crippen LogP contribution in [0.3, 0.4) is 0 Å². The molecule has 104 valence electrons. The van der Waals surface area contributed by atoms with Gasteiger partial charge in [-0.2, -0.15) is 0 Å². The van der Waals surface area contributed by atoms with Crippen LogP contribution in [-0.4, -0.2) is 21.5 Å². The zero-order chi connectivity index (χ0) is 13.7. The minimum absolute atomic E-state index is 0.118. The highest BCUT2D eigenvalue weighted by molar-refractivity contribution is 5.88. The van der Waals surface area contributed by atoms with E-state index in [1.165, 1.54) is 19.3 Å². The van der Waals surface area contributed by atoms with Gasteiger partial charge in [-0.3, -0.25) is 0 Å². The molecule has 2 fully saturated rings. The van der Waals surface area contributed by atoms with Gasteiger partial charge < -0.3 is 9.14 Å². The van der Waals surface area contributed by atoms with Crippen molar-refractivity contribution < 1.29 is 9.53 Å². The fraction of sp³-hybridized carbons (Fsp3) is 0.500. The summed E-state index contributed by atoms with van der Waals surface area (Å²) in [6.45, 7) is 2.02. The predicted octanol–water partition coefficient (Wildman–Crippen LogP) is 2.99. The Hall–Kier alpha value is -1.84. The number of fused-ring (bicyclic) bond motifs is 3. The number of imidazole rings is 1. The van der Waals surface area contributed by atoms with Gasteiger partial charge in [0.05, 0.1) is 0 Å². The molecule has 0 spiro atoms. The lowest BCUT2D eigenvalue weighted by atomic mass is 9.98. The first-order chi connectivity index (χ1) is 9.69. The lowest BCUT2D eigenvalue weighted by Gasteiger charge is -2.21. The maximum atomic E-state index is 12.2. The van der Waals surface area contributed by atoms with Crippen molar-refractivity contribution in [1.29, 1.82) is 0 Å². The molecule has 3 unspecified atom stereocenters. The molecular formula is C16H18N2O2. The van der Waals surface area contributed by atoms with E-state index in [4.69, 9.17) is 4.74 Å². The van der Waals surface area contributed by atoms with Crippen LogP contribution in [0.25, 0.3) is 5.65 Å².